The van der Waals surface area contributed by atoms with E-state index in [4.69, 9.17) is 0 Å². The van der Waals surface area contributed by atoms with Crippen LogP contribution in [0.4, 0.5) is 13.2 Å². The minimum atomic E-state index is -0.869. The van der Waals surface area contributed by atoms with Crippen LogP contribution in [0, 0.1) is 23.4 Å². The first-order valence-electron chi connectivity index (χ1n) is 7.07. The van der Waals surface area contributed by atoms with Crippen molar-refractivity contribution in [2.24, 2.45) is 5.92 Å². The first-order valence-corrected chi connectivity index (χ1v) is 7.07. The topological polar surface area (TPSA) is 12.0 Å². The maximum absolute atomic E-state index is 13.5. The van der Waals surface area contributed by atoms with Crippen LogP contribution in [0.25, 0.3) is 0 Å². The lowest BCUT2D eigenvalue weighted by Crippen LogP contribution is -2.36. The number of nitrogens with one attached hydrogen (secondary N) is 1. The van der Waals surface area contributed by atoms with Crippen molar-refractivity contribution in [3.8, 4) is 0 Å². The van der Waals surface area contributed by atoms with E-state index in [1.165, 1.54) is 0 Å². The molecule has 1 aromatic carbocycles. The number of hydrogen-bond donors (Lipinski definition) is 1. The van der Waals surface area contributed by atoms with Gasteiger partial charge in [0.05, 0.1) is 0 Å². The summed E-state index contributed by atoms with van der Waals surface area (Å²) in [5.41, 5.74) is 0.0663. The zero-order valence-corrected chi connectivity index (χ0v) is 12.7. The van der Waals surface area contributed by atoms with Crippen LogP contribution in [0.1, 0.15) is 46.1 Å². The Morgan fingerprint density at radius 2 is 1.60 bits per heavy atom. The smallest absolute Gasteiger partial charge is 0.132 e. The predicted molar refractivity (Wildman–Crippen MR) is 76.2 cm³/mol. The minimum absolute atomic E-state index is 0.0120. The number of benzene rings is 1. The highest BCUT2D eigenvalue weighted by molar-refractivity contribution is 5.20. The van der Waals surface area contributed by atoms with Gasteiger partial charge in [0.25, 0.3) is 0 Å². The lowest BCUT2D eigenvalue weighted by atomic mass is 9.97. The van der Waals surface area contributed by atoms with Gasteiger partial charge < -0.3 is 5.32 Å². The van der Waals surface area contributed by atoms with Gasteiger partial charge >= 0.3 is 0 Å². The molecule has 0 amide bonds. The Morgan fingerprint density at radius 3 is 2.10 bits per heavy atom. The fraction of sp³-hybridized carbons (Fsp3) is 0.625. The summed E-state index contributed by atoms with van der Waals surface area (Å²) in [6.45, 7) is 9.23. The van der Waals surface area contributed by atoms with E-state index in [2.05, 4.69) is 33.0 Å². The molecule has 1 aromatic rings. The summed E-state index contributed by atoms with van der Waals surface area (Å²) < 4.78 is 39.8. The van der Waals surface area contributed by atoms with Crippen LogP contribution in [0.2, 0.25) is 0 Å². The largest absolute Gasteiger partial charge is 0.312 e. The monoisotopic (exact) mass is 287 g/mol. The summed E-state index contributed by atoms with van der Waals surface area (Å²) >= 11 is 0. The summed E-state index contributed by atoms with van der Waals surface area (Å²) in [4.78, 5) is 0. The molecule has 20 heavy (non-hydrogen) atoms. The van der Waals surface area contributed by atoms with Crippen LogP contribution in [0.3, 0.4) is 0 Å². The van der Waals surface area contributed by atoms with E-state index >= 15 is 0 Å². The first-order chi connectivity index (χ1) is 9.19. The van der Waals surface area contributed by atoms with Crippen LogP contribution >= 0.6 is 0 Å². The molecule has 0 spiro atoms. The lowest BCUT2D eigenvalue weighted by molar-refractivity contribution is 0.384. The van der Waals surface area contributed by atoms with Gasteiger partial charge in [-0.3, -0.25) is 0 Å². The van der Waals surface area contributed by atoms with E-state index in [1.807, 2.05) is 0 Å². The van der Waals surface area contributed by atoms with E-state index in [-0.39, 0.29) is 11.1 Å². The Bertz CT molecular complexity index is 415. The molecule has 1 unspecified atom stereocenters. The summed E-state index contributed by atoms with van der Waals surface area (Å²) in [5, 5.41) is 3.38. The van der Waals surface area contributed by atoms with Crippen molar-refractivity contribution in [1.29, 1.82) is 0 Å². The molecular weight excluding hydrogens is 263 g/mol. The second-order valence-corrected chi connectivity index (χ2v) is 6.46. The maximum atomic E-state index is 13.5. The zero-order chi connectivity index (χ0) is 15.3. The molecule has 0 aliphatic heterocycles. The molecule has 4 heteroatoms. The van der Waals surface area contributed by atoms with Gasteiger partial charge in [-0.05, 0) is 52.5 Å². The van der Waals surface area contributed by atoms with Crippen molar-refractivity contribution in [2.45, 2.75) is 52.5 Å². The number of rotatable bonds is 6. The van der Waals surface area contributed by atoms with E-state index < -0.39 is 17.5 Å². The van der Waals surface area contributed by atoms with Crippen LogP contribution in [-0.2, 0) is 6.42 Å². The third-order valence-electron chi connectivity index (χ3n) is 3.29. The summed E-state index contributed by atoms with van der Waals surface area (Å²) in [6, 6.07) is 1.48. The molecule has 0 saturated heterocycles. The Balaban J connectivity index is 2.43. The Kier molecular flexibility index (Phi) is 6.06. The summed E-state index contributed by atoms with van der Waals surface area (Å²) in [7, 11) is 0. The van der Waals surface area contributed by atoms with E-state index in [0.717, 1.165) is 25.1 Å². The average Bonchev–Trinajstić information content (AvgIpc) is 2.25. The second kappa shape index (κ2) is 7.11. The molecule has 1 nitrogen and oxygen atoms in total. The first kappa shape index (κ1) is 17.0. The van der Waals surface area contributed by atoms with Gasteiger partial charge in [0.2, 0.25) is 0 Å². The normalized spacial score (nSPS) is 13.6. The highest BCUT2D eigenvalue weighted by atomic mass is 19.1. The lowest BCUT2D eigenvalue weighted by Gasteiger charge is -2.22. The van der Waals surface area contributed by atoms with Crippen LogP contribution in [0.5, 0.6) is 0 Å². The van der Waals surface area contributed by atoms with Gasteiger partial charge in [0.15, 0.2) is 0 Å². The van der Waals surface area contributed by atoms with E-state index in [9.17, 15) is 13.2 Å². The zero-order valence-electron chi connectivity index (χ0n) is 12.7. The van der Waals surface area contributed by atoms with Gasteiger partial charge in [0.1, 0.15) is 17.5 Å². The summed E-state index contributed by atoms with van der Waals surface area (Å²) in [6.07, 6.45) is 1.93. The third-order valence-corrected chi connectivity index (χ3v) is 3.29. The summed E-state index contributed by atoms with van der Waals surface area (Å²) in [5.74, 6) is -2.09. The molecule has 0 aliphatic rings. The fourth-order valence-corrected chi connectivity index (χ4v) is 2.04. The maximum Gasteiger partial charge on any atom is 0.132 e. The molecule has 0 aliphatic carbocycles. The van der Waals surface area contributed by atoms with Crippen LogP contribution in [0.15, 0.2) is 12.1 Å². The van der Waals surface area contributed by atoms with Gasteiger partial charge in [-0.1, -0.05) is 6.92 Å². The van der Waals surface area contributed by atoms with Gasteiger partial charge in [-0.2, -0.15) is 0 Å². The molecule has 0 bridgehead atoms. The van der Waals surface area contributed by atoms with E-state index in [0.29, 0.717) is 18.8 Å². The molecule has 0 saturated carbocycles. The van der Waals surface area contributed by atoms with Crippen molar-refractivity contribution in [1.82, 2.24) is 5.32 Å². The Hall–Kier alpha value is -1.03. The van der Waals surface area contributed by atoms with Crippen molar-refractivity contribution in [2.75, 3.05) is 6.54 Å². The van der Waals surface area contributed by atoms with Crippen molar-refractivity contribution in [3.63, 3.8) is 0 Å². The van der Waals surface area contributed by atoms with Gasteiger partial charge in [-0.15, -0.1) is 0 Å². The molecule has 0 heterocycles. The molecule has 0 radical (unpaired) electrons. The Labute approximate surface area is 119 Å². The third kappa shape index (κ3) is 5.95. The van der Waals surface area contributed by atoms with Crippen LogP contribution in [-0.4, -0.2) is 12.1 Å². The predicted octanol–water partition coefficient (Wildman–Crippen LogP) is 4.45. The highest BCUT2D eigenvalue weighted by Crippen LogP contribution is 2.19. The Morgan fingerprint density at radius 1 is 1.05 bits per heavy atom. The molecule has 1 rings (SSSR count). The van der Waals surface area contributed by atoms with E-state index in [1.54, 1.807) is 0 Å². The van der Waals surface area contributed by atoms with Gasteiger partial charge in [0, 0.05) is 23.2 Å². The fourth-order valence-electron chi connectivity index (χ4n) is 2.04. The molecule has 0 aromatic heterocycles. The number of hydrogen-bond acceptors (Lipinski definition) is 1. The quantitative estimate of drug-likeness (QED) is 0.815. The molecular formula is C16H24F3N. The van der Waals surface area contributed by atoms with Crippen LogP contribution < -0.4 is 5.32 Å². The van der Waals surface area contributed by atoms with Crippen molar-refractivity contribution in [3.05, 3.63) is 35.1 Å². The number of halogens is 3. The second-order valence-electron chi connectivity index (χ2n) is 6.46. The van der Waals surface area contributed by atoms with Crippen molar-refractivity contribution < 1.29 is 13.2 Å². The average molecular weight is 287 g/mol. The molecule has 1 N–H and O–H groups in total. The molecule has 114 valence electrons. The minimum Gasteiger partial charge on any atom is -0.312 e. The standard InChI is InChI=1S/C16H24F3N/c1-11(7-8-20-16(2,3)4)5-6-13-14(18)9-12(17)10-15(13)19/h9-11,20H,5-8H2,1-4H3. The van der Waals surface area contributed by atoms with Gasteiger partial charge in [-0.25, -0.2) is 13.2 Å². The molecule has 1 atom stereocenters. The molecule has 0 fully saturated rings. The highest BCUT2D eigenvalue weighted by Gasteiger charge is 2.14. The van der Waals surface area contributed by atoms with Crippen molar-refractivity contribution >= 4 is 0 Å². The SMILES string of the molecule is CC(CCNC(C)(C)C)CCc1c(F)cc(F)cc1F.